The van der Waals surface area contributed by atoms with E-state index >= 15 is 0 Å². The van der Waals surface area contributed by atoms with Crippen LogP contribution in [0.25, 0.3) is 0 Å². The van der Waals surface area contributed by atoms with E-state index in [-0.39, 0.29) is 5.56 Å². The Morgan fingerprint density at radius 1 is 1.05 bits per heavy atom. The zero-order valence-electron chi connectivity index (χ0n) is 11.4. The van der Waals surface area contributed by atoms with E-state index in [4.69, 9.17) is 14.6 Å². The molecule has 0 spiro atoms. The number of ether oxygens (including phenoxy) is 2. The highest BCUT2D eigenvalue weighted by Crippen LogP contribution is 2.25. The number of aryl methyl sites for hydroxylation is 1. The molecule has 0 aliphatic carbocycles. The molecule has 0 atom stereocenters. The Balaban J connectivity index is 2.13. The fraction of sp³-hybridized carbons (Fsp3) is 0.188. The van der Waals surface area contributed by atoms with Crippen molar-refractivity contribution >= 4 is 5.97 Å². The molecule has 20 heavy (non-hydrogen) atoms. The summed E-state index contributed by atoms with van der Waals surface area (Å²) in [6.07, 6.45) is 0. The van der Waals surface area contributed by atoms with Gasteiger partial charge in [-0.25, -0.2) is 4.79 Å². The number of benzene rings is 2. The van der Waals surface area contributed by atoms with Gasteiger partial charge in [-0.2, -0.15) is 0 Å². The Bertz CT molecular complexity index is 602. The zero-order valence-corrected chi connectivity index (χ0v) is 11.4. The van der Waals surface area contributed by atoms with Crippen molar-refractivity contribution < 1.29 is 19.4 Å². The Kier molecular flexibility index (Phi) is 4.25. The lowest BCUT2D eigenvalue weighted by Crippen LogP contribution is -1.99. The van der Waals surface area contributed by atoms with Crippen LogP contribution in [0.5, 0.6) is 17.2 Å². The van der Waals surface area contributed by atoms with Crippen LogP contribution in [-0.2, 0) is 0 Å². The van der Waals surface area contributed by atoms with Gasteiger partial charge in [-0.05, 0) is 61.9 Å². The number of hydrogen-bond donors (Lipinski definition) is 1. The topological polar surface area (TPSA) is 55.8 Å². The quantitative estimate of drug-likeness (QED) is 0.897. The van der Waals surface area contributed by atoms with E-state index in [1.807, 2.05) is 31.2 Å². The summed E-state index contributed by atoms with van der Waals surface area (Å²) in [5.41, 5.74) is 0.949. The van der Waals surface area contributed by atoms with Gasteiger partial charge in [-0.1, -0.05) is 0 Å². The molecule has 0 bridgehead atoms. The third kappa shape index (κ3) is 3.29. The average Bonchev–Trinajstić information content (AvgIpc) is 2.41. The normalized spacial score (nSPS) is 10.1. The summed E-state index contributed by atoms with van der Waals surface area (Å²) in [5, 5.41) is 8.97. The lowest BCUT2D eigenvalue weighted by Gasteiger charge is -2.09. The lowest BCUT2D eigenvalue weighted by atomic mass is 10.1. The van der Waals surface area contributed by atoms with Crippen LogP contribution >= 0.6 is 0 Å². The van der Waals surface area contributed by atoms with E-state index in [0.717, 1.165) is 5.75 Å². The first kappa shape index (κ1) is 13.9. The van der Waals surface area contributed by atoms with Crippen molar-refractivity contribution in [3.05, 3.63) is 53.6 Å². The maximum atomic E-state index is 10.9. The van der Waals surface area contributed by atoms with Gasteiger partial charge in [-0.3, -0.25) is 0 Å². The lowest BCUT2D eigenvalue weighted by molar-refractivity contribution is 0.0696. The third-order valence-electron chi connectivity index (χ3n) is 2.80. The van der Waals surface area contributed by atoms with Crippen LogP contribution in [0.3, 0.4) is 0 Å². The van der Waals surface area contributed by atoms with Crippen molar-refractivity contribution in [2.24, 2.45) is 0 Å². The molecule has 0 saturated heterocycles. The Morgan fingerprint density at radius 2 is 1.65 bits per heavy atom. The molecule has 0 radical (unpaired) electrons. The molecule has 0 aromatic heterocycles. The van der Waals surface area contributed by atoms with Gasteiger partial charge >= 0.3 is 5.97 Å². The molecule has 1 N–H and O–H groups in total. The summed E-state index contributed by atoms with van der Waals surface area (Å²) in [4.78, 5) is 10.9. The van der Waals surface area contributed by atoms with Crippen LogP contribution in [0.4, 0.5) is 0 Å². The van der Waals surface area contributed by atoms with Crippen LogP contribution in [0, 0.1) is 6.92 Å². The molecule has 2 aromatic rings. The molecule has 0 saturated carbocycles. The molecule has 0 unspecified atom stereocenters. The summed E-state index contributed by atoms with van der Waals surface area (Å²) in [5.74, 6) is 1.14. The highest BCUT2D eigenvalue weighted by atomic mass is 16.5. The molecule has 104 valence electrons. The van der Waals surface area contributed by atoms with E-state index in [9.17, 15) is 4.79 Å². The molecule has 4 heteroatoms. The summed E-state index contributed by atoms with van der Waals surface area (Å²) in [6.45, 7) is 4.29. The number of carboxylic acid groups (broad SMARTS) is 1. The predicted molar refractivity (Wildman–Crippen MR) is 75.8 cm³/mol. The minimum absolute atomic E-state index is 0.282. The maximum Gasteiger partial charge on any atom is 0.335 e. The molecule has 0 aliphatic heterocycles. The van der Waals surface area contributed by atoms with Gasteiger partial charge in [0.1, 0.15) is 17.2 Å². The molecule has 0 amide bonds. The van der Waals surface area contributed by atoms with Gasteiger partial charge < -0.3 is 14.6 Å². The number of aromatic carboxylic acids is 1. The summed E-state index contributed by atoms with van der Waals surface area (Å²) < 4.78 is 11.0. The largest absolute Gasteiger partial charge is 0.494 e. The monoisotopic (exact) mass is 272 g/mol. The van der Waals surface area contributed by atoms with Crippen molar-refractivity contribution in [3.63, 3.8) is 0 Å². The molecule has 0 heterocycles. The number of carboxylic acids is 1. The standard InChI is InChI=1S/C16H16O4/c1-3-19-12-4-6-13(7-5-12)20-14-8-9-15(16(17)18)11(2)10-14/h4-10H,3H2,1-2H3,(H,17,18). The van der Waals surface area contributed by atoms with E-state index in [1.165, 1.54) is 0 Å². The van der Waals surface area contributed by atoms with Crippen molar-refractivity contribution in [1.82, 2.24) is 0 Å². The highest BCUT2D eigenvalue weighted by Gasteiger charge is 2.08. The maximum absolute atomic E-state index is 10.9. The third-order valence-corrected chi connectivity index (χ3v) is 2.80. The fourth-order valence-electron chi connectivity index (χ4n) is 1.85. The molecular formula is C16H16O4. The zero-order chi connectivity index (χ0) is 14.5. The number of hydrogen-bond acceptors (Lipinski definition) is 3. The van der Waals surface area contributed by atoms with Crippen molar-refractivity contribution in [1.29, 1.82) is 0 Å². The average molecular weight is 272 g/mol. The molecule has 2 rings (SSSR count). The Labute approximate surface area is 117 Å². The van der Waals surface area contributed by atoms with E-state index < -0.39 is 5.97 Å². The Morgan fingerprint density at radius 3 is 2.20 bits per heavy atom. The SMILES string of the molecule is CCOc1ccc(Oc2ccc(C(=O)O)c(C)c2)cc1. The van der Waals surface area contributed by atoms with Gasteiger partial charge in [0.05, 0.1) is 12.2 Å². The van der Waals surface area contributed by atoms with Gasteiger partial charge in [0.25, 0.3) is 0 Å². The molecule has 2 aromatic carbocycles. The second-order valence-corrected chi connectivity index (χ2v) is 4.29. The Hall–Kier alpha value is -2.49. The second kappa shape index (κ2) is 6.10. The van der Waals surface area contributed by atoms with Crippen molar-refractivity contribution in [2.45, 2.75) is 13.8 Å². The van der Waals surface area contributed by atoms with Gasteiger partial charge in [-0.15, -0.1) is 0 Å². The van der Waals surface area contributed by atoms with Crippen LogP contribution in [0.2, 0.25) is 0 Å². The summed E-state index contributed by atoms with van der Waals surface area (Å²) in [7, 11) is 0. The van der Waals surface area contributed by atoms with E-state index in [0.29, 0.717) is 23.7 Å². The minimum atomic E-state index is -0.935. The molecule has 4 nitrogen and oxygen atoms in total. The van der Waals surface area contributed by atoms with Crippen LogP contribution in [0.1, 0.15) is 22.8 Å². The molecule has 0 aliphatic rings. The first-order valence-corrected chi connectivity index (χ1v) is 6.35. The second-order valence-electron chi connectivity index (χ2n) is 4.29. The van der Waals surface area contributed by atoms with Crippen LogP contribution in [0.15, 0.2) is 42.5 Å². The number of rotatable bonds is 5. The van der Waals surface area contributed by atoms with Crippen LogP contribution < -0.4 is 9.47 Å². The molecule has 0 fully saturated rings. The first-order valence-electron chi connectivity index (χ1n) is 6.35. The first-order chi connectivity index (χ1) is 9.60. The summed E-state index contributed by atoms with van der Waals surface area (Å²) >= 11 is 0. The summed E-state index contributed by atoms with van der Waals surface area (Å²) in [6, 6.07) is 12.2. The van der Waals surface area contributed by atoms with E-state index in [1.54, 1.807) is 25.1 Å². The fourth-order valence-corrected chi connectivity index (χ4v) is 1.85. The van der Waals surface area contributed by atoms with Crippen LogP contribution in [-0.4, -0.2) is 17.7 Å². The van der Waals surface area contributed by atoms with Gasteiger partial charge in [0.2, 0.25) is 0 Å². The highest BCUT2D eigenvalue weighted by molar-refractivity contribution is 5.89. The van der Waals surface area contributed by atoms with Gasteiger partial charge in [0, 0.05) is 0 Å². The minimum Gasteiger partial charge on any atom is -0.494 e. The van der Waals surface area contributed by atoms with Gasteiger partial charge in [0.15, 0.2) is 0 Å². The number of carbonyl (C=O) groups is 1. The molecular weight excluding hydrogens is 256 g/mol. The van der Waals surface area contributed by atoms with Crippen molar-refractivity contribution in [3.8, 4) is 17.2 Å². The van der Waals surface area contributed by atoms with Crippen molar-refractivity contribution in [2.75, 3.05) is 6.61 Å². The smallest absolute Gasteiger partial charge is 0.335 e. The predicted octanol–water partition coefficient (Wildman–Crippen LogP) is 3.88. The van der Waals surface area contributed by atoms with E-state index in [2.05, 4.69) is 0 Å².